The zero-order valence-corrected chi connectivity index (χ0v) is 20.1. The highest BCUT2D eigenvalue weighted by atomic mass is 32.2. The van der Waals surface area contributed by atoms with Crippen molar-refractivity contribution in [2.24, 2.45) is 0 Å². The molecule has 4 nitrogen and oxygen atoms in total. The first kappa shape index (κ1) is 24.7. The fraction of sp³-hybridized carbons (Fsp3) is 0.542. The molecule has 0 aliphatic heterocycles. The van der Waals surface area contributed by atoms with Crippen molar-refractivity contribution in [3.63, 3.8) is 0 Å². The summed E-state index contributed by atoms with van der Waals surface area (Å²) in [7, 11) is 0. The van der Waals surface area contributed by atoms with Crippen molar-refractivity contribution in [1.82, 2.24) is 9.97 Å². The minimum atomic E-state index is -0.216. The largest absolute Gasteiger partial charge is 0.465 e. The van der Waals surface area contributed by atoms with E-state index < -0.39 is 0 Å². The van der Waals surface area contributed by atoms with Crippen molar-refractivity contribution in [3.05, 3.63) is 36.7 Å². The second-order valence-corrected chi connectivity index (χ2v) is 9.74. The molecule has 0 bridgehead atoms. The minimum Gasteiger partial charge on any atom is -0.465 e. The Morgan fingerprint density at radius 3 is 2.20 bits per heavy atom. The first-order chi connectivity index (χ1) is 14.6. The van der Waals surface area contributed by atoms with Crippen LogP contribution in [0.15, 0.2) is 46.7 Å². The molecule has 0 aliphatic carbocycles. The Labute approximate surface area is 190 Å². The van der Waals surface area contributed by atoms with Crippen LogP contribution in [0.4, 0.5) is 0 Å². The summed E-state index contributed by atoms with van der Waals surface area (Å²) in [6.07, 6.45) is 13.1. The Balaban J connectivity index is 1.75. The monoisotopic (exact) mass is 446 g/mol. The van der Waals surface area contributed by atoms with Gasteiger partial charge in [0.1, 0.15) is 5.25 Å². The van der Waals surface area contributed by atoms with Gasteiger partial charge in [-0.05, 0) is 38.0 Å². The van der Waals surface area contributed by atoms with Gasteiger partial charge in [-0.2, -0.15) is 0 Å². The van der Waals surface area contributed by atoms with Crippen LogP contribution in [0.3, 0.4) is 0 Å². The van der Waals surface area contributed by atoms with Crippen molar-refractivity contribution in [3.8, 4) is 11.1 Å². The SMILES string of the molecule is CCCCCCCCCSc1ncc(-c2ccc(S[C@H](C)C(=O)OCC)cc2)cn1. The van der Waals surface area contributed by atoms with Crippen LogP contribution in [0.2, 0.25) is 0 Å². The predicted molar refractivity (Wildman–Crippen MR) is 128 cm³/mol. The molecule has 1 atom stereocenters. The van der Waals surface area contributed by atoms with E-state index >= 15 is 0 Å². The Kier molecular flexibility index (Phi) is 11.9. The van der Waals surface area contributed by atoms with E-state index in [1.54, 1.807) is 11.8 Å². The summed E-state index contributed by atoms with van der Waals surface area (Å²) in [6.45, 7) is 6.36. The summed E-state index contributed by atoms with van der Waals surface area (Å²) in [4.78, 5) is 21.8. The summed E-state index contributed by atoms with van der Waals surface area (Å²) in [6, 6.07) is 8.15. The highest BCUT2D eigenvalue weighted by molar-refractivity contribution is 8.00. The fourth-order valence-corrected chi connectivity index (χ4v) is 4.65. The third kappa shape index (κ3) is 9.09. The predicted octanol–water partition coefficient (Wildman–Crippen LogP) is 7.03. The van der Waals surface area contributed by atoms with Gasteiger partial charge in [-0.15, -0.1) is 11.8 Å². The van der Waals surface area contributed by atoms with Crippen molar-refractivity contribution in [1.29, 1.82) is 0 Å². The van der Waals surface area contributed by atoms with Crippen LogP contribution in [0.5, 0.6) is 0 Å². The average Bonchev–Trinajstić information content (AvgIpc) is 2.77. The summed E-state index contributed by atoms with van der Waals surface area (Å²) >= 11 is 3.25. The number of thioether (sulfide) groups is 2. The number of aromatic nitrogens is 2. The van der Waals surface area contributed by atoms with E-state index in [9.17, 15) is 4.79 Å². The van der Waals surface area contributed by atoms with Gasteiger partial charge in [-0.25, -0.2) is 9.97 Å². The van der Waals surface area contributed by atoms with E-state index in [1.807, 2.05) is 50.5 Å². The Morgan fingerprint density at radius 2 is 1.57 bits per heavy atom. The standard InChI is InChI=1S/C24H34N2O2S2/c1-4-6-7-8-9-10-11-16-29-24-25-17-21(18-26-24)20-12-14-22(15-13-20)30-19(3)23(27)28-5-2/h12-15,17-19H,4-11,16H2,1-3H3/t19-/m1/s1. The molecule has 0 saturated carbocycles. The summed E-state index contributed by atoms with van der Waals surface area (Å²) < 4.78 is 5.06. The fourth-order valence-electron chi connectivity index (χ4n) is 3.00. The summed E-state index contributed by atoms with van der Waals surface area (Å²) in [5.41, 5.74) is 2.08. The van der Waals surface area contributed by atoms with Crippen molar-refractivity contribution in [2.75, 3.05) is 12.4 Å². The van der Waals surface area contributed by atoms with Crippen LogP contribution in [0.25, 0.3) is 11.1 Å². The molecule has 0 N–H and O–H groups in total. The first-order valence-corrected chi connectivity index (χ1v) is 12.9. The average molecular weight is 447 g/mol. The molecule has 30 heavy (non-hydrogen) atoms. The maximum Gasteiger partial charge on any atom is 0.319 e. The van der Waals surface area contributed by atoms with Gasteiger partial charge in [0.2, 0.25) is 0 Å². The van der Waals surface area contributed by atoms with E-state index in [0.29, 0.717) is 6.61 Å². The molecule has 0 saturated heterocycles. The van der Waals surface area contributed by atoms with Gasteiger partial charge >= 0.3 is 5.97 Å². The van der Waals surface area contributed by atoms with E-state index in [0.717, 1.165) is 26.9 Å². The lowest BCUT2D eigenvalue weighted by molar-refractivity contribution is -0.142. The van der Waals surface area contributed by atoms with Gasteiger partial charge < -0.3 is 4.74 Å². The lowest BCUT2D eigenvalue weighted by Gasteiger charge is -2.10. The number of nitrogens with zero attached hydrogens (tertiary/aromatic N) is 2. The van der Waals surface area contributed by atoms with Crippen molar-refractivity contribution < 1.29 is 9.53 Å². The third-order valence-electron chi connectivity index (χ3n) is 4.73. The van der Waals surface area contributed by atoms with Crippen LogP contribution in [0, 0.1) is 0 Å². The van der Waals surface area contributed by atoms with Crippen molar-refractivity contribution in [2.45, 2.75) is 81.0 Å². The number of benzene rings is 1. The van der Waals surface area contributed by atoms with Gasteiger partial charge in [-0.1, -0.05) is 69.3 Å². The molecule has 0 aliphatic rings. The van der Waals surface area contributed by atoms with E-state index in [4.69, 9.17) is 4.74 Å². The van der Waals surface area contributed by atoms with Crippen LogP contribution < -0.4 is 0 Å². The summed E-state index contributed by atoms with van der Waals surface area (Å²) in [5, 5.41) is 0.631. The molecular weight excluding hydrogens is 412 g/mol. The van der Waals surface area contributed by atoms with Crippen LogP contribution in [-0.4, -0.2) is 33.5 Å². The van der Waals surface area contributed by atoms with Gasteiger partial charge in [0.05, 0.1) is 6.61 Å². The van der Waals surface area contributed by atoms with Crippen LogP contribution in [0.1, 0.15) is 65.7 Å². The molecule has 0 spiro atoms. The number of esters is 1. The lowest BCUT2D eigenvalue weighted by atomic mass is 10.1. The molecule has 0 radical (unpaired) electrons. The van der Waals surface area contributed by atoms with Gasteiger partial charge in [0.15, 0.2) is 5.16 Å². The Morgan fingerprint density at radius 1 is 0.933 bits per heavy atom. The molecule has 2 rings (SSSR count). The normalized spacial score (nSPS) is 12.0. The second kappa shape index (κ2) is 14.5. The number of hydrogen-bond acceptors (Lipinski definition) is 6. The quantitative estimate of drug-likeness (QED) is 0.134. The number of hydrogen-bond donors (Lipinski definition) is 0. The number of carbonyl (C=O) groups excluding carboxylic acids is 1. The molecule has 6 heteroatoms. The third-order valence-corrected chi connectivity index (χ3v) is 6.78. The molecule has 1 heterocycles. The summed E-state index contributed by atoms with van der Waals surface area (Å²) in [5.74, 6) is 0.905. The molecule has 0 amide bonds. The minimum absolute atomic E-state index is 0.176. The molecular formula is C24H34N2O2S2. The number of unbranched alkanes of at least 4 members (excludes halogenated alkanes) is 6. The molecule has 1 aromatic carbocycles. The van der Waals surface area contributed by atoms with Crippen LogP contribution in [-0.2, 0) is 9.53 Å². The number of ether oxygens (including phenoxy) is 1. The molecule has 2 aromatic rings. The topological polar surface area (TPSA) is 52.1 Å². The number of rotatable bonds is 14. The Hall–Kier alpha value is -1.53. The maximum atomic E-state index is 11.8. The van der Waals surface area contributed by atoms with Gasteiger partial charge in [0.25, 0.3) is 0 Å². The smallest absolute Gasteiger partial charge is 0.319 e. The highest BCUT2D eigenvalue weighted by Crippen LogP contribution is 2.27. The van der Waals surface area contributed by atoms with Crippen molar-refractivity contribution >= 4 is 29.5 Å². The number of carbonyl (C=O) groups is 1. The lowest BCUT2D eigenvalue weighted by Crippen LogP contribution is -2.16. The molecule has 1 aromatic heterocycles. The van der Waals surface area contributed by atoms with E-state index in [-0.39, 0.29) is 11.2 Å². The van der Waals surface area contributed by atoms with Gasteiger partial charge in [0, 0.05) is 28.6 Å². The maximum absolute atomic E-state index is 11.8. The van der Waals surface area contributed by atoms with Crippen LogP contribution >= 0.6 is 23.5 Å². The Bertz CT molecular complexity index is 736. The zero-order valence-electron chi connectivity index (χ0n) is 18.4. The molecule has 0 unspecified atom stereocenters. The first-order valence-electron chi connectivity index (χ1n) is 11.0. The second-order valence-electron chi connectivity index (χ2n) is 7.26. The molecule has 164 valence electrons. The van der Waals surface area contributed by atoms with Gasteiger partial charge in [-0.3, -0.25) is 4.79 Å². The highest BCUT2D eigenvalue weighted by Gasteiger charge is 2.15. The van der Waals surface area contributed by atoms with E-state index in [2.05, 4.69) is 16.9 Å². The molecule has 0 fully saturated rings. The van der Waals surface area contributed by atoms with E-state index in [1.165, 1.54) is 56.7 Å². The zero-order chi connectivity index (χ0) is 21.6.